The number of hydrogen-bond donors (Lipinski definition) is 3. The average molecular weight is 656 g/mol. The molecule has 0 radical (unpaired) electrons. The van der Waals surface area contributed by atoms with Gasteiger partial charge in [0.1, 0.15) is 11.5 Å². The molecule has 0 spiro atoms. The van der Waals surface area contributed by atoms with E-state index in [2.05, 4.69) is 37.1 Å². The van der Waals surface area contributed by atoms with E-state index in [4.69, 9.17) is 9.47 Å². The van der Waals surface area contributed by atoms with Gasteiger partial charge in [0, 0.05) is 21.8 Å². The number of hydrazone groups is 1. The van der Waals surface area contributed by atoms with Crippen molar-refractivity contribution in [2.75, 3.05) is 17.2 Å². The van der Waals surface area contributed by atoms with Crippen LogP contribution >= 0.6 is 15.9 Å². The van der Waals surface area contributed by atoms with Crippen LogP contribution in [0.1, 0.15) is 28.4 Å². The molecule has 0 atom stereocenters. The van der Waals surface area contributed by atoms with Crippen LogP contribution in [0.3, 0.4) is 0 Å². The van der Waals surface area contributed by atoms with Crippen molar-refractivity contribution in [3.8, 4) is 11.5 Å². The number of anilines is 2. The van der Waals surface area contributed by atoms with Crippen molar-refractivity contribution < 1.29 is 28.7 Å². The standard InChI is InChI=1S/C33H27BrN4O6/c1-2-43-26-16-14-25(15-17-26)36-31(40)27-10-6-7-11-28(27)37-32(41)33(42)38-35-21-23-20-24(34)13-18-29(23)44-30(39)19-12-22-8-4-3-5-9-22/h3-21H,2H2,1H3,(H,36,40)(H,37,41)(H,38,42). The third kappa shape index (κ3) is 9.23. The van der Waals surface area contributed by atoms with Crippen LogP contribution in [0.15, 0.2) is 113 Å². The highest BCUT2D eigenvalue weighted by atomic mass is 79.9. The Hall–Kier alpha value is -5.55. The first-order valence-corrected chi connectivity index (χ1v) is 14.1. The predicted molar refractivity (Wildman–Crippen MR) is 172 cm³/mol. The van der Waals surface area contributed by atoms with Crippen LogP contribution in [-0.4, -0.2) is 36.5 Å². The fourth-order valence-corrected chi connectivity index (χ4v) is 4.14. The summed E-state index contributed by atoms with van der Waals surface area (Å²) in [6.07, 6.45) is 4.15. The van der Waals surface area contributed by atoms with E-state index in [-0.39, 0.29) is 17.0 Å². The van der Waals surface area contributed by atoms with Crippen molar-refractivity contribution in [2.45, 2.75) is 6.92 Å². The molecule has 0 bridgehead atoms. The Kier molecular flexibility index (Phi) is 11.1. The predicted octanol–water partition coefficient (Wildman–Crippen LogP) is 5.81. The zero-order chi connectivity index (χ0) is 31.3. The van der Waals surface area contributed by atoms with Crippen molar-refractivity contribution >= 4 is 63.3 Å². The molecule has 0 aliphatic heterocycles. The van der Waals surface area contributed by atoms with E-state index in [0.717, 1.165) is 5.56 Å². The van der Waals surface area contributed by atoms with Crippen LogP contribution in [0.5, 0.6) is 11.5 Å². The van der Waals surface area contributed by atoms with Crippen molar-refractivity contribution in [3.63, 3.8) is 0 Å². The molecule has 3 amide bonds. The first-order chi connectivity index (χ1) is 21.3. The van der Waals surface area contributed by atoms with Crippen molar-refractivity contribution in [2.24, 2.45) is 5.10 Å². The van der Waals surface area contributed by atoms with Gasteiger partial charge in [0.15, 0.2) is 0 Å². The molecule has 0 saturated heterocycles. The van der Waals surface area contributed by atoms with Crippen molar-refractivity contribution in [1.82, 2.24) is 5.43 Å². The lowest BCUT2D eigenvalue weighted by atomic mass is 10.1. The number of amides is 3. The van der Waals surface area contributed by atoms with Crippen LogP contribution in [0.2, 0.25) is 0 Å². The topological polar surface area (TPSA) is 135 Å². The molecule has 0 aromatic heterocycles. The Morgan fingerprint density at radius 2 is 1.57 bits per heavy atom. The SMILES string of the molecule is CCOc1ccc(NC(=O)c2ccccc2NC(=O)C(=O)NN=Cc2cc(Br)ccc2OC(=O)C=Cc2ccccc2)cc1. The quantitative estimate of drug-likeness (QED) is 0.0493. The summed E-state index contributed by atoms with van der Waals surface area (Å²) in [4.78, 5) is 50.4. The highest BCUT2D eigenvalue weighted by molar-refractivity contribution is 9.10. The molecular weight excluding hydrogens is 628 g/mol. The second kappa shape index (κ2) is 15.6. The zero-order valence-electron chi connectivity index (χ0n) is 23.5. The summed E-state index contributed by atoms with van der Waals surface area (Å²) >= 11 is 3.35. The van der Waals surface area contributed by atoms with E-state index in [1.807, 2.05) is 37.3 Å². The minimum Gasteiger partial charge on any atom is -0.494 e. The minimum atomic E-state index is -1.08. The highest BCUT2D eigenvalue weighted by Gasteiger charge is 2.18. The van der Waals surface area contributed by atoms with Gasteiger partial charge in [-0.15, -0.1) is 0 Å². The summed E-state index contributed by atoms with van der Waals surface area (Å²) in [5.41, 5.74) is 4.13. The largest absolute Gasteiger partial charge is 0.494 e. The number of carbonyl (C=O) groups excluding carboxylic acids is 4. The molecule has 0 unspecified atom stereocenters. The fraction of sp³-hybridized carbons (Fsp3) is 0.0606. The zero-order valence-corrected chi connectivity index (χ0v) is 25.0. The maximum atomic E-state index is 12.9. The van der Waals surface area contributed by atoms with Crippen molar-refractivity contribution in [3.05, 3.63) is 124 Å². The summed E-state index contributed by atoms with van der Waals surface area (Å²) < 4.78 is 11.5. The van der Waals surface area contributed by atoms with Gasteiger partial charge >= 0.3 is 17.8 Å². The first-order valence-electron chi connectivity index (χ1n) is 13.3. The van der Waals surface area contributed by atoms with E-state index in [1.165, 1.54) is 24.4 Å². The molecule has 3 N–H and O–H groups in total. The minimum absolute atomic E-state index is 0.129. The number of benzene rings is 4. The summed E-state index contributed by atoms with van der Waals surface area (Å²) in [6.45, 7) is 2.39. The van der Waals surface area contributed by atoms with Crippen molar-refractivity contribution in [1.29, 1.82) is 0 Å². The van der Waals surface area contributed by atoms with Gasteiger partial charge in [0.25, 0.3) is 5.91 Å². The third-order valence-corrected chi connectivity index (χ3v) is 6.31. The monoisotopic (exact) mass is 654 g/mol. The number of nitrogens with one attached hydrogen (secondary N) is 3. The number of nitrogens with zero attached hydrogens (tertiary/aromatic N) is 1. The first kappa shape index (κ1) is 31.4. The number of rotatable bonds is 10. The smallest absolute Gasteiger partial charge is 0.336 e. The molecule has 0 heterocycles. The summed E-state index contributed by atoms with van der Waals surface area (Å²) in [6, 6.07) is 27.2. The summed E-state index contributed by atoms with van der Waals surface area (Å²) in [5.74, 6) is -2.37. The van der Waals surface area contributed by atoms with Gasteiger partial charge in [-0.2, -0.15) is 5.10 Å². The molecular formula is C33H27BrN4O6. The van der Waals surface area contributed by atoms with Gasteiger partial charge in [0.05, 0.1) is 24.1 Å². The van der Waals surface area contributed by atoms with Gasteiger partial charge < -0.3 is 20.1 Å². The van der Waals surface area contributed by atoms with E-state index >= 15 is 0 Å². The maximum Gasteiger partial charge on any atom is 0.336 e. The van der Waals surface area contributed by atoms with Gasteiger partial charge in [-0.3, -0.25) is 14.4 Å². The number of hydrogen-bond acceptors (Lipinski definition) is 7. The number of carbonyl (C=O) groups is 4. The number of para-hydroxylation sites is 1. The van der Waals surface area contributed by atoms with E-state index in [0.29, 0.717) is 28.1 Å². The Morgan fingerprint density at radius 1 is 0.841 bits per heavy atom. The molecule has 222 valence electrons. The summed E-state index contributed by atoms with van der Waals surface area (Å²) in [7, 11) is 0. The van der Waals surface area contributed by atoms with Gasteiger partial charge in [-0.25, -0.2) is 10.2 Å². The molecule has 10 nitrogen and oxygen atoms in total. The van der Waals surface area contributed by atoms with E-state index in [9.17, 15) is 19.2 Å². The lowest BCUT2D eigenvalue weighted by molar-refractivity contribution is -0.136. The molecule has 11 heteroatoms. The molecule has 0 aliphatic carbocycles. The molecule has 4 aromatic carbocycles. The highest BCUT2D eigenvalue weighted by Crippen LogP contribution is 2.23. The Morgan fingerprint density at radius 3 is 2.32 bits per heavy atom. The molecule has 4 aromatic rings. The molecule has 4 rings (SSSR count). The lowest BCUT2D eigenvalue weighted by Gasteiger charge is -2.11. The third-order valence-electron chi connectivity index (χ3n) is 5.81. The number of esters is 1. The second-order valence-electron chi connectivity index (χ2n) is 8.96. The van der Waals surface area contributed by atoms with E-state index < -0.39 is 23.7 Å². The summed E-state index contributed by atoms with van der Waals surface area (Å²) in [5, 5.41) is 9.02. The van der Waals surface area contributed by atoms with Crippen LogP contribution in [0.25, 0.3) is 6.08 Å². The Labute approximate surface area is 261 Å². The molecule has 0 fully saturated rings. The Balaban J connectivity index is 1.36. The van der Waals surface area contributed by atoms with Gasteiger partial charge in [-0.05, 0) is 73.2 Å². The molecule has 0 aliphatic rings. The normalized spacial score (nSPS) is 10.8. The van der Waals surface area contributed by atoms with Crippen LogP contribution in [0.4, 0.5) is 11.4 Å². The van der Waals surface area contributed by atoms with Gasteiger partial charge in [0.2, 0.25) is 0 Å². The van der Waals surface area contributed by atoms with Crippen LogP contribution in [-0.2, 0) is 14.4 Å². The Bertz CT molecular complexity index is 1710. The lowest BCUT2D eigenvalue weighted by Crippen LogP contribution is -2.33. The van der Waals surface area contributed by atoms with Crippen LogP contribution in [0, 0.1) is 0 Å². The molecule has 44 heavy (non-hydrogen) atoms. The average Bonchev–Trinajstić information content (AvgIpc) is 3.03. The molecule has 0 saturated carbocycles. The maximum absolute atomic E-state index is 12.9. The van der Waals surface area contributed by atoms with Crippen LogP contribution < -0.4 is 25.5 Å². The number of halogens is 1. The van der Waals surface area contributed by atoms with Gasteiger partial charge in [-0.1, -0.05) is 58.4 Å². The fourth-order valence-electron chi connectivity index (χ4n) is 3.76. The second-order valence-corrected chi connectivity index (χ2v) is 9.87. The number of ether oxygens (including phenoxy) is 2. The van der Waals surface area contributed by atoms with E-state index in [1.54, 1.807) is 60.7 Å².